The number of hydrogen-bond acceptors (Lipinski definition) is 7. The quantitative estimate of drug-likeness (QED) is 0.309. The first-order valence-corrected chi connectivity index (χ1v) is 7.60. The summed E-state index contributed by atoms with van der Waals surface area (Å²) in [6.45, 7) is 1.37. The molecule has 0 unspecified atom stereocenters. The zero-order chi connectivity index (χ0) is 19.8. The van der Waals surface area contributed by atoms with Gasteiger partial charge in [-0.3, -0.25) is 19.7 Å². The third kappa shape index (κ3) is 5.19. The van der Waals surface area contributed by atoms with E-state index >= 15 is 0 Å². The van der Waals surface area contributed by atoms with Crippen LogP contribution in [0, 0.1) is 10.1 Å². The van der Waals surface area contributed by atoms with Gasteiger partial charge in [0.1, 0.15) is 0 Å². The van der Waals surface area contributed by atoms with Gasteiger partial charge in [0.25, 0.3) is 17.5 Å². The van der Waals surface area contributed by atoms with Crippen LogP contribution < -0.4 is 10.7 Å². The van der Waals surface area contributed by atoms with Crippen molar-refractivity contribution in [1.82, 2.24) is 5.43 Å². The summed E-state index contributed by atoms with van der Waals surface area (Å²) >= 11 is 0. The first kappa shape index (κ1) is 19.2. The summed E-state index contributed by atoms with van der Waals surface area (Å²) in [5, 5.41) is 28.8. The Kier molecular flexibility index (Phi) is 6.31. The molecule has 0 radical (unpaired) electrons. The number of rotatable bonds is 6. The zero-order valence-electron chi connectivity index (χ0n) is 14.1. The van der Waals surface area contributed by atoms with Crippen molar-refractivity contribution in [3.05, 3.63) is 70.3 Å². The number of nitrogens with zero attached hydrogens (tertiary/aromatic N) is 3. The number of amides is 2. The van der Waals surface area contributed by atoms with Crippen LogP contribution in [0.15, 0.2) is 64.9 Å². The standard InChI is InChI=1S/C17H15N5O5/c1-11(15(21-25)17(24)18-13-5-3-2-4-6-13)19-20-16(23)12-7-9-14(10-8-12)22(26)27/h2-10,25H,1H3,(H,18,24)(H,20,23)/b19-11-,21-15+. The molecule has 10 heteroatoms. The summed E-state index contributed by atoms with van der Waals surface area (Å²) in [5.74, 6) is -1.36. The van der Waals surface area contributed by atoms with E-state index < -0.39 is 16.7 Å². The van der Waals surface area contributed by atoms with Gasteiger partial charge in [0.15, 0.2) is 5.71 Å². The van der Waals surface area contributed by atoms with Crippen LogP contribution in [-0.4, -0.2) is 33.4 Å². The molecular weight excluding hydrogens is 354 g/mol. The molecule has 0 heterocycles. The average molecular weight is 369 g/mol. The number of nitro groups is 1. The largest absolute Gasteiger partial charge is 0.410 e. The van der Waals surface area contributed by atoms with Crippen molar-refractivity contribution < 1.29 is 19.7 Å². The Hall–Kier alpha value is -4.08. The molecule has 2 aromatic carbocycles. The summed E-state index contributed by atoms with van der Waals surface area (Å²) in [6, 6.07) is 13.4. The summed E-state index contributed by atoms with van der Waals surface area (Å²) in [5.41, 5.74) is 2.23. The van der Waals surface area contributed by atoms with E-state index in [0.717, 1.165) is 0 Å². The van der Waals surface area contributed by atoms with Gasteiger partial charge in [0.2, 0.25) is 0 Å². The van der Waals surface area contributed by atoms with Gasteiger partial charge in [0, 0.05) is 23.4 Å². The van der Waals surface area contributed by atoms with Crippen LogP contribution in [0.2, 0.25) is 0 Å². The number of non-ortho nitro benzene ring substituents is 1. The molecule has 138 valence electrons. The predicted octanol–water partition coefficient (Wildman–Crippen LogP) is 2.17. The maximum atomic E-state index is 12.1. The normalized spacial score (nSPS) is 11.6. The van der Waals surface area contributed by atoms with E-state index in [1.54, 1.807) is 30.3 Å². The average Bonchev–Trinajstić information content (AvgIpc) is 2.67. The summed E-state index contributed by atoms with van der Waals surface area (Å²) in [7, 11) is 0. The van der Waals surface area contributed by atoms with Crippen LogP contribution in [0.3, 0.4) is 0 Å². The van der Waals surface area contributed by atoms with E-state index in [0.29, 0.717) is 5.69 Å². The molecule has 0 aromatic heterocycles. The first-order chi connectivity index (χ1) is 12.9. The summed E-state index contributed by atoms with van der Waals surface area (Å²) in [6.07, 6.45) is 0. The smallest absolute Gasteiger partial charge is 0.279 e. The molecular formula is C17H15N5O5. The molecule has 0 saturated heterocycles. The second-order valence-corrected chi connectivity index (χ2v) is 5.21. The highest BCUT2D eigenvalue weighted by Gasteiger charge is 2.17. The molecule has 0 fully saturated rings. The van der Waals surface area contributed by atoms with Gasteiger partial charge in [-0.25, -0.2) is 5.43 Å². The Morgan fingerprint density at radius 2 is 1.70 bits per heavy atom. The van der Waals surface area contributed by atoms with Crippen molar-refractivity contribution >= 4 is 34.6 Å². The van der Waals surface area contributed by atoms with Crippen molar-refractivity contribution in [3.63, 3.8) is 0 Å². The second kappa shape index (κ2) is 8.85. The maximum Gasteiger partial charge on any atom is 0.279 e. The third-order valence-electron chi connectivity index (χ3n) is 3.35. The number of nitrogens with one attached hydrogen (secondary N) is 2. The Bertz CT molecular complexity index is 907. The summed E-state index contributed by atoms with van der Waals surface area (Å²) in [4.78, 5) is 34.2. The lowest BCUT2D eigenvalue weighted by molar-refractivity contribution is -0.384. The van der Waals surface area contributed by atoms with Crippen molar-refractivity contribution in [1.29, 1.82) is 0 Å². The molecule has 0 aliphatic rings. The van der Waals surface area contributed by atoms with Crippen LogP contribution in [0.4, 0.5) is 11.4 Å². The van der Waals surface area contributed by atoms with Gasteiger partial charge in [-0.1, -0.05) is 23.4 Å². The number of benzene rings is 2. The van der Waals surface area contributed by atoms with Crippen LogP contribution >= 0.6 is 0 Å². The SMILES string of the molecule is CC(=N/NC(=O)c1ccc([N+](=O)[O-])cc1)/C(=N\O)C(=O)Nc1ccccc1. The van der Waals surface area contributed by atoms with Crippen molar-refractivity contribution in [2.24, 2.45) is 10.3 Å². The maximum absolute atomic E-state index is 12.1. The molecule has 10 nitrogen and oxygen atoms in total. The molecule has 0 aliphatic carbocycles. The minimum atomic E-state index is -0.713. The molecule has 0 aliphatic heterocycles. The Balaban J connectivity index is 2.04. The fourth-order valence-electron chi connectivity index (χ4n) is 1.98. The fourth-order valence-corrected chi connectivity index (χ4v) is 1.98. The predicted molar refractivity (Wildman–Crippen MR) is 98.0 cm³/mol. The fraction of sp³-hybridized carbons (Fsp3) is 0.0588. The van der Waals surface area contributed by atoms with Crippen LogP contribution in [0.5, 0.6) is 0 Å². The minimum Gasteiger partial charge on any atom is -0.410 e. The number of hydrazone groups is 1. The molecule has 0 atom stereocenters. The van der Waals surface area contributed by atoms with E-state index in [4.69, 9.17) is 5.21 Å². The van der Waals surface area contributed by atoms with E-state index in [1.165, 1.54) is 31.2 Å². The van der Waals surface area contributed by atoms with E-state index in [2.05, 4.69) is 21.0 Å². The van der Waals surface area contributed by atoms with Gasteiger partial charge in [-0.15, -0.1) is 0 Å². The van der Waals surface area contributed by atoms with E-state index in [9.17, 15) is 19.7 Å². The zero-order valence-corrected chi connectivity index (χ0v) is 14.1. The number of oxime groups is 1. The number of nitro benzene ring substituents is 1. The van der Waals surface area contributed by atoms with Gasteiger partial charge >= 0.3 is 0 Å². The van der Waals surface area contributed by atoms with Gasteiger partial charge in [0.05, 0.1) is 10.6 Å². The third-order valence-corrected chi connectivity index (χ3v) is 3.35. The second-order valence-electron chi connectivity index (χ2n) is 5.21. The highest BCUT2D eigenvalue weighted by molar-refractivity contribution is 6.68. The highest BCUT2D eigenvalue weighted by atomic mass is 16.6. The Morgan fingerprint density at radius 1 is 1.07 bits per heavy atom. The first-order valence-electron chi connectivity index (χ1n) is 7.60. The molecule has 2 amide bonds. The van der Waals surface area contributed by atoms with Crippen LogP contribution in [0.1, 0.15) is 17.3 Å². The number of carbonyl (C=O) groups is 2. The molecule has 27 heavy (non-hydrogen) atoms. The topological polar surface area (TPSA) is 146 Å². The lowest BCUT2D eigenvalue weighted by Crippen LogP contribution is -2.31. The molecule has 0 spiro atoms. The molecule has 0 bridgehead atoms. The van der Waals surface area contributed by atoms with Crippen molar-refractivity contribution in [2.45, 2.75) is 6.92 Å². The van der Waals surface area contributed by atoms with Crippen molar-refractivity contribution in [3.8, 4) is 0 Å². The number of para-hydroxylation sites is 1. The Morgan fingerprint density at radius 3 is 2.26 bits per heavy atom. The lowest BCUT2D eigenvalue weighted by Gasteiger charge is -2.07. The Labute approximate surface area is 153 Å². The van der Waals surface area contributed by atoms with Gasteiger partial charge in [-0.05, 0) is 31.2 Å². The number of carbonyl (C=O) groups excluding carboxylic acids is 2. The van der Waals surface area contributed by atoms with Crippen LogP contribution in [0.25, 0.3) is 0 Å². The monoisotopic (exact) mass is 369 g/mol. The van der Waals surface area contributed by atoms with E-state index in [1.807, 2.05) is 0 Å². The lowest BCUT2D eigenvalue weighted by atomic mass is 10.2. The van der Waals surface area contributed by atoms with Gasteiger partial charge in [-0.2, -0.15) is 5.10 Å². The molecule has 2 aromatic rings. The molecule has 3 N–H and O–H groups in total. The summed E-state index contributed by atoms with van der Waals surface area (Å²) < 4.78 is 0. The molecule has 2 rings (SSSR count). The van der Waals surface area contributed by atoms with Crippen LogP contribution in [-0.2, 0) is 4.79 Å². The van der Waals surface area contributed by atoms with Crippen molar-refractivity contribution in [2.75, 3.05) is 5.32 Å². The highest BCUT2D eigenvalue weighted by Crippen LogP contribution is 2.11. The number of anilines is 1. The number of hydrogen-bond donors (Lipinski definition) is 3. The molecule has 0 saturated carbocycles. The van der Waals surface area contributed by atoms with Gasteiger partial charge < -0.3 is 10.5 Å². The minimum absolute atomic E-state index is 0.0406. The van der Waals surface area contributed by atoms with E-state index in [-0.39, 0.29) is 22.7 Å².